The molecule has 0 saturated carbocycles. The maximum absolute atomic E-state index is 4.81. The summed E-state index contributed by atoms with van der Waals surface area (Å²) in [6, 6.07) is 0. The molecule has 1 radical (unpaired) electrons. The van der Waals surface area contributed by atoms with Crippen LogP contribution in [-0.2, 0) is 4.74 Å². The van der Waals surface area contributed by atoms with E-state index in [1.165, 1.54) is 0 Å². The number of unbranched alkanes of at least 4 members (excludes halogenated alkanes) is 2. The van der Waals surface area contributed by atoms with Gasteiger partial charge in [0.25, 0.3) is 0 Å². The summed E-state index contributed by atoms with van der Waals surface area (Å²) in [5, 5.41) is 0. The number of rotatable bonds is 4. The molecule has 0 aromatic carbocycles. The highest BCUT2D eigenvalue weighted by atomic mass is 16.5. The molecule has 0 fully saturated rings. The first kappa shape index (κ1) is 6.96. The third-order valence-corrected chi connectivity index (χ3v) is 0.815. The van der Waals surface area contributed by atoms with Gasteiger partial charge in [0.05, 0.1) is 0 Å². The molecule has 0 aromatic rings. The average molecular weight is 101 g/mol. The summed E-state index contributed by atoms with van der Waals surface area (Å²) in [4.78, 5) is 0. The third kappa shape index (κ3) is 5.96. The SMILES string of the molecule is CC[CH]CCOC. The van der Waals surface area contributed by atoms with E-state index >= 15 is 0 Å². The van der Waals surface area contributed by atoms with E-state index in [-0.39, 0.29) is 0 Å². The first-order chi connectivity index (χ1) is 3.41. The largest absolute Gasteiger partial charge is 0.385 e. The number of ether oxygens (including phenoxy) is 1. The minimum absolute atomic E-state index is 0.869. The van der Waals surface area contributed by atoms with Crippen LogP contribution in [-0.4, -0.2) is 13.7 Å². The molecule has 0 heterocycles. The second-order valence-corrected chi connectivity index (χ2v) is 1.48. The second-order valence-electron chi connectivity index (χ2n) is 1.48. The zero-order valence-corrected chi connectivity index (χ0v) is 5.11. The Labute approximate surface area is 45.7 Å². The Kier molecular flexibility index (Phi) is 5.93. The van der Waals surface area contributed by atoms with Gasteiger partial charge in [-0.1, -0.05) is 13.3 Å². The van der Waals surface area contributed by atoms with Crippen LogP contribution >= 0.6 is 0 Å². The summed E-state index contributed by atoms with van der Waals surface area (Å²) in [5.41, 5.74) is 0. The fourth-order valence-electron chi connectivity index (χ4n) is 0.405. The lowest BCUT2D eigenvalue weighted by Gasteiger charge is -1.92. The van der Waals surface area contributed by atoms with E-state index < -0.39 is 0 Å². The predicted molar refractivity (Wildman–Crippen MR) is 31.1 cm³/mol. The van der Waals surface area contributed by atoms with Gasteiger partial charge >= 0.3 is 0 Å². The fraction of sp³-hybridized carbons (Fsp3) is 0.833. The Morgan fingerprint density at radius 2 is 2.29 bits per heavy atom. The van der Waals surface area contributed by atoms with Gasteiger partial charge in [0.2, 0.25) is 0 Å². The molecule has 43 valence electrons. The lowest BCUT2D eigenvalue weighted by Crippen LogP contribution is -1.86. The molecule has 0 unspecified atom stereocenters. The third-order valence-electron chi connectivity index (χ3n) is 0.815. The van der Waals surface area contributed by atoms with Crippen LogP contribution in [0.4, 0.5) is 0 Å². The van der Waals surface area contributed by atoms with Gasteiger partial charge in [0.1, 0.15) is 0 Å². The maximum atomic E-state index is 4.81. The van der Waals surface area contributed by atoms with Crippen molar-refractivity contribution in [2.75, 3.05) is 13.7 Å². The average Bonchev–Trinajstić information content (AvgIpc) is 1.69. The summed E-state index contributed by atoms with van der Waals surface area (Å²) in [5.74, 6) is 0. The van der Waals surface area contributed by atoms with E-state index in [1.807, 2.05) is 0 Å². The molecule has 0 aromatic heterocycles. The molecule has 0 spiro atoms. The molecule has 0 rings (SSSR count). The Balaban J connectivity index is 2.45. The van der Waals surface area contributed by atoms with E-state index in [0.717, 1.165) is 19.4 Å². The van der Waals surface area contributed by atoms with Gasteiger partial charge in [0, 0.05) is 13.7 Å². The summed E-state index contributed by atoms with van der Waals surface area (Å²) in [6.45, 7) is 3.00. The molecule has 0 amide bonds. The maximum Gasteiger partial charge on any atom is 0.0465 e. The highest BCUT2D eigenvalue weighted by Crippen LogP contribution is 1.89. The lowest BCUT2D eigenvalue weighted by atomic mass is 10.3. The van der Waals surface area contributed by atoms with Crippen LogP contribution in [0, 0.1) is 6.42 Å². The molecule has 7 heavy (non-hydrogen) atoms. The van der Waals surface area contributed by atoms with Crippen LogP contribution in [0.25, 0.3) is 0 Å². The van der Waals surface area contributed by atoms with Gasteiger partial charge in [-0.05, 0) is 12.8 Å². The molecule has 0 bridgehead atoms. The van der Waals surface area contributed by atoms with E-state index in [0.29, 0.717) is 0 Å². The first-order valence-electron chi connectivity index (χ1n) is 2.72. The predicted octanol–water partition coefficient (Wildman–Crippen LogP) is 1.64. The van der Waals surface area contributed by atoms with Crippen LogP contribution in [0.15, 0.2) is 0 Å². The lowest BCUT2D eigenvalue weighted by molar-refractivity contribution is 0.201. The van der Waals surface area contributed by atoms with E-state index in [2.05, 4.69) is 13.3 Å². The number of hydrogen-bond donors (Lipinski definition) is 0. The molecule has 0 N–H and O–H groups in total. The summed E-state index contributed by atoms with van der Waals surface area (Å²) < 4.78 is 4.81. The standard InChI is InChI=1S/C6H13O/c1-3-4-5-6-7-2/h4H,3,5-6H2,1-2H3. The van der Waals surface area contributed by atoms with Crippen molar-refractivity contribution in [2.45, 2.75) is 19.8 Å². The normalized spacial score (nSPS) is 9.43. The molecular weight excluding hydrogens is 88.1 g/mol. The van der Waals surface area contributed by atoms with Crippen molar-refractivity contribution < 1.29 is 4.74 Å². The van der Waals surface area contributed by atoms with Crippen molar-refractivity contribution in [1.29, 1.82) is 0 Å². The van der Waals surface area contributed by atoms with Crippen molar-refractivity contribution in [3.8, 4) is 0 Å². The zero-order valence-electron chi connectivity index (χ0n) is 5.11. The molecule has 0 saturated heterocycles. The Bertz CT molecular complexity index is 23.4. The van der Waals surface area contributed by atoms with Gasteiger partial charge in [-0.15, -0.1) is 0 Å². The topological polar surface area (TPSA) is 9.23 Å². The van der Waals surface area contributed by atoms with Gasteiger partial charge in [-0.2, -0.15) is 0 Å². The van der Waals surface area contributed by atoms with Crippen LogP contribution < -0.4 is 0 Å². The minimum atomic E-state index is 0.869. The summed E-state index contributed by atoms with van der Waals surface area (Å²) in [6.07, 6.45) is 4.46. The van der Waals surface area contributed by atoms with Gasteiger partial charge in [0.15, 0.2) is 0 Å². The molecule has 0 atom stereocenters. The van der Waals surface area contributed by atoms with E-state index in [9.17, 15) is 0 Å². The first-order valence-corrected chi connectivity index (χ1v) is 2.72. The monoisotopic (exact) mass is 101 g/mol. The van der Waals surface area contributed by atoms with Crippen molar-refractivity contribution in [3.05, 3.63) is 6.42 Å². The molecule has 1 heteroatoms. The number of hydrogen-bond acceptors (Lipinski definition) is 1. The Hall–Kier alpha value is -0.0400. The molecule has 1 nitrogen and oxygen atoms in total. The van der Waals surface area contributed by atoms with Gasteiger partial charge in [-0.3, -0.25) is 0 Å². The fourth-order valence-corrected chi connectivity index (χ4v) is 0.405. The van der Waals surface area contributed by atoms with Crippen LogP contribution in [0.2, 0.25) is 0 Å². The minimum Gasteiger partial charge on any atom is -0.385 e. The number of methoxy groups -OCH3 is 1. The van der Waals surface area contributed by atoms with Crippen molar-refractivity contribution >= 4 is 0 Å². The Morgan fingerprint density at radius 1 is 1.57 bits per heavy atom. The van der Waals surface area contributed by atoms with Crippen LogP contribution in [0.5, 0.6) is 0 Å². The van der Waals surface area contributed by atoms with Crippen molar-refractivity contribution in [1.82, 2.24) is 0 Å². The quantitative estimate of drug-likeness (QED) is 0.489. The molecular formula is C6H13O. The second kappa shape index (κ2) is 5.96. The molecule has 0 aliphatic heterocycles. The van der Waals surface area contributed by atoms with E-state index in [1.54, 1.807) is 7.11 Å². The van der Waals surface area contributed by atoms with Crippen LogP contribution in [0.1, 0.15) is 19.8 Å². The van der Waals surface area contributed by atoms with Gasteiger partial charge < -0.3 is 4.74 Å². The molecule has 0 aliphatic rings. The zero-order chi connectivity index (χ0) is 5.54. The molecule has 0 aliphatic carbocycles. The van der Waals surface area contributed by atoms with Crippen molar-refractivity contribution in [2.24, 2.45) is 0 Å². The van der Waals surface area contributed by atoms with E-state index in [4.69, 9.17) is 4.74 Å². The smallest absolute Gasteiger partial charge is 0.0465 e. The summed E-state index contributed by atoms with van der Waals surface area (Å²) in [7, 11) is 1.73. The highest BCUT2D eigenvalue weighted by molar-refractivity contribution is 4.58. The van der Waals surface area contributed by atoms with Crippen molar-refractivity contribution in [3.63, 3.8) is 0 Å². The van der Waals surface area contributed by atoms with Gasteiger partial charge in [-0.25, -0.2) is 0 Å². The Morgan fingerprint density at radius 3 is 2.71 bits per heavy atom. The van der Waals surface area contributed by atoms with Crippen LogP contribution in [0.3, 0.4) is 0 Å². The summed E-state index contributed by atoms with van der Waals surface area (Å²) >= 11 is 0. The highest BCUT2D eigenvalue weighted by Gasteiger charge is 1.80.